The number of fused-ring (bicyclic) bond motifs is 1. The van der Waals surface area contributed by atoms with E-state index in [1.54, 1.807) is 7.11 Å². The molecule has 86 valence electrons. The van der Waals surface area contributed by atoms with Crippen LogP contribution in [0.4, 0.5) is 5.69 Å². The van der Waals surface area contributed by atoms with E-state index in [9.17, 15) is 0 Å². The van der Waals surface area contributed by atoms with Gasteiger partial charge in [0.05, 0.1) is 17.8 Å². The summed E-state index contributed by atoms with van der Waals surface area (Å²) in [4.78, 5) is 3.64. The van der Waals surface area contributed by atoms with Crippen molar-refractivity contribution >= 4 is 17.4 Å². The fourth-order valence-electron chi connectivity index (χ4n) is 1.87. The molecule has 2 rings (SSSR count). The van der Waals surface area contributed by atoms with Gasteiger partial charge in [-0.1, -0.05) is 24.8 Å². The number of nitrogens with zero attached hydrogens (tertiary/aromatic N) is 1. The van der Waals surface area contributed by atoms with Crippen molar-refractivity contribution in [1.82, 2.24) is 0 Å². The van der Waals surface area contributed by atoms with Gasteiger partial charge in [0.25, 0.3) is 0 Å². The van der Waals surface area contributed by atoms with Gasteiger partial charge in [-0.2, -0.15) is 0 Å². The summed E-state index contributed by atoms with van der Waals surface area (Å²) in [5.74, 6) is 0.931. The van der Waals surface area contributed by atoms with Crippen LogP contribution in [0, 0.1) is 0 Å². The summed E-state index contributed by atoms with van der Waals surface area (Å²) in [6, 6.07) is 6.28. The van der Waals surface area contributed by atoms with Crippen molar-refractivity contribution in [3.63, 3.8) is 0 Å². The number of rotatable bonds is 3. The zero-order chi connectivity index (χ0) is 11.5. The van der Waals surface area contributed by atoms with Gasteiger partial charge < -0.3 is 9.64 Å². The lowest BCUT2D eigenvalue weighted by molar-refractivity contribution is 0.414. The quantitative estimate of drug-likeness (QED) is 0.789. The van der Waals surface area contributed by atoms with E-state index in [0.717, 1.165) is 18.7 Å². The second-order valence-electron chi connectivity index (χ2n) is 3.63. The molecule has 0 atom stereocenters. The van der Waals surface area contributed by atoms with Crippen LogP contribution in [0.25, 0.3) is 0 Å². The predicted octanol–water partition coefficient (Wildman–Crippen LogP) is 3.88. The lowest BCUT2D eigenvalue weighted by Gasteiger charge is -2.17. The molecule has 0 saturated heterocycles. The molecule has 0 amide bonds. The van der Waals surface area contributed by atoms with Crippen LogP contribution in [0.3, 0.4) is 0 Å². The fraction of sp³-hybridized carbons (Fsp3) is 0.385. The summed E-state index contributed by atoms with van der Waals surface area (Å²) in [5, 5.41) is 1.34. The van der Waals surface area contributed by atoms with Gasteiger partial charge in [-0.3, -0.25) is 0 Å². The van der Waals surface area contributed by atoms with Gasteiger partial charge >= 0.3 is 0 Å². The Morgan fingerprint density at radius 2 is 2.19 bits per heavy atom. The molecular formula is C13H17NOS. The van der Waals surface area contributed by atoms with Crippen LogP contribution >= 0.6 is 11.8 Å². The molecule has 1 heterocycles. The Balaban J connectivity index is 2.38. The highest BCUT2D eigenvalue weighted by Gasteiger charge is 2.23. The molecule has 0 saturated carbocycles. The number of thioether (sulfide) groups is 1. The summed E-state index contributed by atoms with van der Waals surface area (Å²) in [7, 11) is 1.71. The molecule has 0 N–H and O–H groups in total. The van der Waals surface area contributed by atoms with Gasteiger partial charge in [0, 0.05) is 11.4 Å². The van der Waals surface area contributed by atoms with Gasteiger partial charge in [-0.25, -0.2) is 0 Å². The second-order valence-corrected chi connectivity index (χ2v) is 4.69. The maximum absolute atomic E-state index is 5.25. The van der Waals surface area contributed by atoms with Gasteiger partial charge in [-0.05, 0) is 31.5 Å². The SMILES string of the molecule is CC/C=C1\Sc2cc(OC)ccc2N1CC. The predicted molar refractivity (Wildman–Crippen MR) is 70.2 cm³/mol. The van der Waals surface area contributed by atoms with Crippen LogP contribution < -0.4 is 9.64 Å². The number of allylic oxidation sites excluding steroid dienone is 1. The standard InChI is InChI=1S/C13H17NOS/c1-4-6-13-14(5-2)11-8-7-10(15-3)9-12(11)16-13/h6-9H,4-5H2,1-3H3/b13-6-. The van der Waals surface area contributed by atoms with Crippen molar-refractivity contribution in [1.29, 1.82) is 0 Å². The van der Waals surface area contributed by atoms with E-state index in [-0.39, 0.29) is 0 Å². The van der Waals surface area contributed by atoms with Gasteiger partial charge in [0.1, 0.15) is 5.75 Å². The van der Waals surface area contributed by atoms with Crippen LogP contribution in [0.1, 0.15) is 20.3 Å². The van der Waals surface area contributed by atoms with Gasteiger partial charge in [0.15, 0.2) is 0 Å². The first-order valence-corrected chi connectivity index (χ1v) is 6.45. The molecule has 0 aromatic heterocycles. The van der Waals surface area contributed by atoms with Crippen LogP contribution in [-0.2, 0) is 0 Å². The molecule has 1 aliphatic rings. The van der Waals surface area contributed by atoms with Crippen LogP contribution in [0.15, 0.2) is 34.2 Å². The summed E-state index contributed by atoms with van der Waals surface area (Å²) in [6.45, 7) is 5.37. The van der Waals surface area contributed by atoms with E-state index in [2.05, 4.69) is 37.0 Å². The molecule has 0 spiro atoms. The number of ether oxygens (including phenoxy) is 1. The Labute approximate surface area is 101 Å². The molecule has 0 radical (unpaired) electrons. The normalized spacial score (nSPS) is 16.7. The lowest BCUT2D eigenvalue weighted by atomic mass is 10.2. The van der Waals surface area contributed by atoms with Crippen molar-refractivity contribution in [2.45, 2.75) is 25.2 Å². The summed E-state index contributed by atoms with van der Waals surface area (Å²) in [6.07, 6.45) is 3.35. The molecule has 3 heteroatoms. The third-order valence-corrected chi connectivity index (χ3v) is 3.78. The zero-order valence-corrected chi connectivity index (χ0v) is 10.8. The molecule has 0 fully saturated rings. The van der Waals surface area contributed by atoms with Crippen LogP contribution in [-0.4, -0.2) is 13.7 Å². The third-order valence-electron chi connectivity index (χ3n) is 2.63. The average molecular weight is 235 g/mol. The van der Waals surface area contributed by atoms with Crippen LogP contribution in [0.2, 0.25) is 0 Å². The molecule has 2 nitrogen and oxygen atoms in total. The van der Waals surface area contributed by atoms with Crippen molar-refractivity contribution in [3.8, 4) is 5.75 Å². The molecule has 1 aliphatic heterocycles. The highest BCUT2D eigenvalue weighted by molar-refractivity contribution is 8.03. The first-order valence-electron chi connectivity index (χ1n) is 5.63. The minimum Gasteiger partial charge on any atom is -0.497 e. The molecule has 0 bridgehead atoms. The minimum absolute atomic E-state index is 0.931. The van der Waals surface area contributed by atoms with Crippen LogP contribution in [0.5, 0.6) is 5.75 Å². The zero-order valence-electron chi connectivity index (χ0n) is 9.99. The Morgan fingerprint density at radius 1 is 1.38 bits per heavy atom. The smallest absolute Gasteiger partial charge is 0.120 e. The van der Waals surface area contributed by atoms with E-state index in [0.29, 0.717) is 0 Å². The van der Waals surface area contributed by atoms with Gasteiger partial charge in [0.2, 0.25) is 0 Å². The number of hydrogen-bond acceptors (Lipinski definition) is 3. The van der Waals surface area contributed by atoms with E-state index >= 15 is 0 Å². The Bertz CT molecular complexity index is 414. The topological polar surface area (TPSA) is 12.5 Å². The molecular weight excluding hydrogens is 218 g/mol. The Hall–Kier alpha value is -1.09. The van der Waals surface area contributed by atoms with Crippen molar-refractivity contribution in [2.24, 2.45) is 0 Å². The van der Waals surface area contributed by atoms with Gasteiger partial charge in [-0.15, -0.1) is 0 Å². The minimum atomic E-state index is 0.931. The maximum atomic E-state index is 5.25. The Kier molecular flexibility index (Phi) is 3.44. The van der Waals surface area contributed by atoms with Crippen molar-refractivity contribution in [2.75, 3.05) is 18.6 Å². The molecule has 1 aromatic rings. The van der Waals surface area contributed by atoms with E-state index in [4.69, 9.17) is 4.74 Å². The van der Waals surface area contributed by atoms with Crippen molar-refractivity contribution in [3.05, 3.63) is 29.3 Å². The number of benzene rings is 1. The van der Waals surface area contributed by atoms with E-state index in [1.807, 2.05) is 17.8 Å². The largest absolute Gasteiger partial charge is 0.497 e. The first-order chi connectivity index (χ1) is 7.80. The number of hydrogen-bond donors (Lipinski definition) is 0. The average Bonchev–Trinajstić information content (AvgIpc) is 2.65. The summed E-state index contributed by atoms with van der Waals surface area (Å²) < 4.78 is 5.25. The van der Waals surface area contributed by atoms with Crippen molar-refractivity contribution < 1.29 is 4.74 Å². The molecule has 0 unspecified atom stereocenters. The molecule has 16 heavy (non-hydrogen) atoms. The number of methoxy groups -OCH3 is 1. The first kappa shape index (κ1) is 11.4. The summed E-state index contributed by atoms with van der Waals surface area (Å²) >= 11 is 1.83. The second kappa shape index (κ2) is 4.83. The highest BCUT2D eigenvalue weighted by Crippen LogP contribution is 2.47. The van der Waals surface area contributed by atoms with E-state index < -0.39 is 0 Å². The Morgan fingerprint density at radius 3 is 2.81 bits per heavy atom. The maximum Gasteiger partial charge on any atom is 0.120 e. The fourth-order valence-corrected chi connectivity index (χ4v) is 3.14. The number of anilines is 1. The molecule has 0 aliphatic carbocycles. The monoisotopic (exact) mass is 235 g/mol. The summed E-state index contributed by atoms with van der Waals surface area (Å²) in [5.41, 5.74) is 1.30. The third kappa shape index (κ3) is 1.92. The highest BCUT2D eigenvalue weighted by atomic mass is 32.2. The lowest BCUT2D eigenvalue weighted by Crippen LogP contribution is -2.16. The molecule has 1 aromatic carbocycles. The van der Waals surface area contributed by atoms with E-state index in [1.165, 1.54) is 15.6 Å².